The number of amides is 1. The van der Waals surface area contributed by atoms with Crippen molar-refractivity contribution in [3.05, 3.63) is 65.4 Å². The molecule has 0 N–H and O–H groups in total. The van der Waals surface area contributed by atoms with Crippen LogP contribution < -0.4 is 9.47 Å². The number of ether oxygens (including phenoxy) is 2. The van der Waals surface area contributed by atoms with Gasteiger partial charge in [0.1, 0.15) is 23.8 Å². The van der Waals surface area contributed by atoms with Gasteiger partial charge >= 0.3 is 0 Å². The van der Waals surface area contributed by atoms with E-state index in [0.717, 1.165) is 65.3 Å². The summed E-state index contributed by atoms with van der Waals surface area (Å²) in [4.78, 5) is 25.1. The molecule has 1 amide bonds. The van der Waals surface area contributed by atoms with Gasteiger partial charge in [-0.2, -0.15) is 5.10 Å². The van der Waals surface area contributed by atoms with E-state index in [0.29, 0.717) is 11.4 Å². The van der Waals surface area contributed by atoms with Gasteiger partial charge in [0.25, 0.3) is 0 Å². The first-order valence-electron chi connectivity index (χ1n) is 15.0. The molecule has 2 heterocycles. The maximum Gasteiger partial charge on any atom is 0.219 e. The van der Waals surface area contributed by atoms with E-state index < -0.39 is 0 Å². The Morgan fingerprint density at radius 2 is 1.62 bits per heavy atom. The standard InChI is InChI=1S/C25H28N2O3.C8H17NO.C2H6/c1-7-11-17(9-3)19-13-20-23(14-22(19)29-6)30-15-21-24(16(5)28)26-27(25(20)21)18(10-4)12-8-2;1-4-6-9(7-5-2)8(3)10;1-2/h7-14H,15H2,1-6H3;4-7H2,1-3H3;1-2H3/b11-7-,12-8-,17-9+,18-10+;;. The van der Waals surface area contributed by atoms with Gasteiger partial charge in [0.2, 0.25) is 5.91 Å². The van der Waals surface area contributed by atoms with E-state index in [1.54, 1.807) is 14.0 Å². The summed E-state index contributed by atoms with van der Waals surface area (Å²) in [6, 6.07) is 3.98. The van der Waals surface area contributed by atoms with Crippen molar-refractivity contribution < 1.29 is 19.1 Å². The molecule has 2 aromatic rings. The number of carbonyl (C=O) groups excluding carboxylic acids is 2. The third-order valence-corrected chi connectivity index (χ3v) is 6.52. The van der Waals surface area contributed by atoms with E-state index >= 15 is 0 Å². The van der Waals surface area contributed by atoms with Crippen molar-refractivity contribution >= 4 is 23.0 Å². The van der Waals surface area contributed by atoms with Crippen LogP contribution in [0.15, 0.2) is 48.6 Å². The summed E-state index contributed by atoms with van der Waals surface area (Å²) >= 11 is 0. The quantitative estimate of drug-likeness (QED) is 0.208. The highest BCUT2D eigenvalue weighted by Crippen LogP contribution is 2.45. The first kappa shape index (κ1) is 36.2. The lowest BCUT2D eigenvalue weighted by Crippen LogP contribution is -2.29. The van der Waals surface area contributed by atoms with Crippen LogP contribution >= 0.6 is 0 Å². The fourth-order valence-electron chi connectivity index (χ4n) is 4.69. The van der Waals surface area contributed by atoms with Crippen LogP contribution in [-0.2, 0) is 11.4 Å². The first-order valence-corrected chi connectivity index (χ1v) is 15.0. The van der Waals surface area contributed by atoms with E-state index in [1.807, 2.05) is 93.6 Å². The zero-order chi connectivity index (χ0) is 31.8. The van der Waals surface area contributed by atoms with E-state index in [-0.39, 0.29) is 18.3 Å². The lowest BCUT2D eigenvalue weighted by molar-refractivity contribution is -0.128. The van der Waals surface area contributed by atoms with Gasteiger partial charge in [0.05, 0.1) is 18.5 Å². The van der Waals surface area contributed by atoms with Crippen LogP contribution in [0.25, 0.3) is 22.5 Å². The van der Waals surface area contributed by atoms with Crippen LogP contribution in [-0.4, -0.2) is 46.6 Å². The minimum atomic E-state index is -0.0789. The third kappa shape index (κ3) is 8.81. The second-order valence-corrected chi connectivity index (χ2v) is 9.44. The highest BCUT2D eigenvalue weighted by molar-refractivity contribution is 5.97. The second-order valence-electron chi connectivity index (χ2n) is 9.44. The molecule has 0 saturated heterocycles. The molecule has 0 radical (unpaired) electrons. The summed E-state index contributed by atoms with van der Waals surface area (Å²) in [5.74, 6) is 1.57. The van der Waals surface area contributed by atoms with Crippen LogP contribution in [0.3, 0.4) is 0 Å². The van der Waals surface area contributed by atoms with Gasteiger partial charge in [-0.15, -0.1) is 0 Å². The predicted molar refractivity (Wildman–Crippen MR) is 176 cm³/mol. The van der Waals surface area contributed by atoms with Crippen molar-refractivity contribution in [2.24, 2.45) is 0 Å². The Morgan fingerprint density at radius 1 is 1.00 bits per heavy atom. The summed E-state index contributed by atoms with van der Waals surface area (Å²) < 4.78 is 13.5. The Kier molecular flexibility index (Phi) is 16.0. The zero-order valence-electron chi connectivity index (χ0n) is 27.6. The number of hydrogen-bond donors (Lipinski definition) is 0. The molecule has 1 aromatic carbocycles. The van der Waals surface area contributed by atoms with Crippen LogP contribution in [0.4, 0.5) is 0 Å². The van der Waals surface area contributed by atoms with Gasteiger partial charge in [-0.25, -0.2) is 4.68 Å². The van der Waals surface area contributed by atoms with Crippen molar-refractivity contribution in [2.45, 2.75) is 88.7 Å². The van der Waals surface area contributed by atoms with Gasteiger partial charge in [-0.3, -0.25) is 9.59 Å². The number of allylic oxidation sites excluding steroid dienone is 8. The number of carbonyl (C=O) groups is 2. The molecule has 0 atom stereocenters. The molecule has 1 aliphatic heterocycles. The summed E-state index contributed by atoms with van der Waals surface area (Å²) in [5.41, 5.74) is 5.92. The number of hydrogen-bond acceptors (Lipinski definition) is 5. The Balaban J connectivity index is 0.000000624. The number of benzene rings is 1. The fraction of sp³-hybridized carbons (Fsp3) is 0.457. The highest BCUT2D eigenvalue weighted by atomic mass is 16.5. The van der Waals surface area contributed by atoms with Crippen molar-refractivity contribution in [1.29, 1.82) is 0 Å². The Bertz CT molecular complexity index is 1310. The molecule has 0 unspecified atom stereocenters. The first-order chi connectivity index (χ1) is 20.2. The number of nitrogens with zero attached hydrogens (tertiary/aromatic N) is 3. The Morgan fingerprint density at radius 3 is 2.07 bits per heavy atom. The fourth-order valence-corrected chi connectivity index (χ4v) is 4.69. The molecule has 1 aromatic heterocycles. The summed E-state index contributed by atoms with van der Waals surface area (Å²) in [6.45, 7) is 21.3. The van der Waals surface area contributed by atoms with Crippen molar-refractivity contribution in [1.82, 2.24) is 14.7 Å². The number of rotatable bonds is 10. The molecule has 7 heteroatoms. The molecule has 3 rings (SSSR count). The summed E-state index contributed by atoms with van der Waals surface area (Å²) in [7, 11) is 1.66. The monoisotopic (exact) mass is 577 g/mol. The minimum Gasteiger partial charge on any atom is -0.496 e. The van der Waals surface area contributed by atoms with Gasteiger partial charge in [0.15, 0.2) is 5.78 Å². The topological polar surface area (TPSA) is 73.7 Å². The van der Waals surface area contributed by atoms with Crippen LogP contribution in [0.5, 0.6) is 11.5 Å². The molecule has 0 aliphatic carbocycles. The van der Waals surface area contributed by atoms with Gasteiger partial charge in [0, 0.05) is 49.7 Å². The van der Waals surface area contributed by atoms with Crippen molar-refractivity contribution in [3.8, 4) is 22.8 Å². The predicted octanol–water partition coefficient (Wildman–Crippen LogP) is 8.75. The van der Waals surface area contributed by atoms with Crippen LogP contribution in [0.1, 0.15) is 104 Å². The van der Waals surface area contributed by atoms with E-state index in [4.69, 9.17) is 9.47 Å². The maximum atomic E-state index is 12.3. The van der Waals surface area contributed by atoms with Gasteiger partial charge < -0.3 is 14.4 Å². The van der Waals surface area contributed by atoms with Gasteiger partial charge in [-0.1, -0.05) is 58.1 Å². The normalized spacial score (nSPS) is 12.5. The Hall–Kier alpha value is -3.87. The third-order valence-electron chi connectivity index (χ3n) is 6.52. The molecule has 0 spiro atoms. The zero-order valence-corrected chi connectivity index (χ0v) is 27.6. The average Bonchev–Trinajstić information content (AvgIpc) is 3.39. The van der Waals surface area contributed by atoms with Crippen LogP contribution in [0, 0.1) is 0 Å². The Labute approximate surface area is 253 Å². The average molecular weight is 578 g/mol. The molecule has 7 nitrogen and oxygen atoms in total. The molecule has 42 heavy (non-hydrogen) atoms. The lowest BCUT2D eigenvalue weighted by Gasteiger charge is -2.22. The molecule has 1 aliphatic rings. The number of Topliss-reactive ketones (excluding diaryl/α,β-unsaturated/α-hetero) is 1. The second kappa shape index (κ2) is 18.5. The molecular weight excluding hydrogens is 526 g/mol. The van der Waals surface area contributed by atoms with Crippen LogP contribution in [0.2, 0.25) is 0 Å². The summed E-state index contributed by atoms with van der Waals surface area (Å²) in [5, 5.41) is 4.66. The minimum absolute atomic E-state index is 0.0789. The van der Waals surface area contributed by atoms with E-state index in [1.165, 1.54) is 6.92 Å². The largest absolute Gasteiger partial charge is 0.496 e. The van der Waals surface area contributed by atoms with Crippen molar-refractivity contribution in [3.63, 3.8) is 0 Å². The van der Waals surface area contributed by atoms with Crippen molar-refractivity contribution in [2.75, 3.05) is 20.2 Å². The van der Waals surface area contributed by atoms with E-state index in [9.17, 15) is 9.59 Å². The molecule has 0 fully saturated rings. The highest BCUT2D eigenvalue weighted by Gasteiger charge is 2.30. The molecular formula is C35H51N3O4. The molecule has 0 saturated carbocycles. The number of aromatic nitrogens is 2. The number of methoxy groups -OCH3 is 1. The lowest BCUT2D eigenvalue weighted by atomic mass is 9.95. The SMILES string of the molecule is C/C=C\C(=C/C)c1cc2c(cc1OC)OCc1c(C(C)=O)nn(C(/C=C\C)=C/C)c1-2.CC.CCCN(CCC)C(C)=O. The molecule has 0 bridgehead atoms. The number of ketones is 1. The number of fused-ring (bicyclic) bond motifs is 3. The smallest absolute Gasteiger partial charge is 0.219 e. The van der Waals surface area contributed by atoms with Gasteiger partial charge in [-0.05, 0) is 58.3 Å². The maximum absolute atomic E-state index is 12.3. The molecule has 230 valence electrons. The summed E-state index contributed by atoms with van der Waals surface area (Å²) in [6.07, 6.45) is 14.1. The van der Waals surface area contributed by atoms with E-state index in [2.05, 4.69) is 25.0 Å².